The number of carbonyl (C=O) groups is 1. The van der Waals surface area contributed by atoms with Gasteiger partial charge in [-0.1, -0.05) is 12.1 Å². The van der Waals surface area contributed by atoms with Crippen molar-refractivity contribution in [1.82, 2.24) is 16.0 Å². The molecule has 1 aromatic carbocycles. The van der Waals surface area contributed by atoms with Gasteiger partial charge in [0.2, 0.25) is 0 Å². The first-order valence-electron chi connectivity index (χ1n) is 9.78. The molecule has 8 nitrogen and oxygen atoms in total. The molecule has 2 aromatic rings. The first-order valence-corrected chi connectivity index (χ1v) is 9.78. The molecule has 0 saturated heterocycles. The first-order chi connectivity index (χ1) is 14.0. The number of guanidine groups is 1. The quantitative estimate of drug-likeness (QED) is 0.163. The normalized spacial score (nSPS) is 12.1. The van der Waals surface area contributed by atoms with Crippen LogP contribution in [0.4, 0.5) is 0 Å². The molecular weight excluding hydrogens is 499 g/mol. The highest BCUT2D eigenvalue weighted by molar-refractivity contribution is 14.0. The van der Waals surface area contributed by atoms with E-state index in [2.05, 4.69) is 20.9 Å². The Labute approximate surface area is 194 Å². The summed E-state index contributed by atoms with van der Waals surface area (Å²) in [7, 11) is 0. The van der Waals surface area contributed by atoms with E-state index in [1.54, 1.807) is 12.1 Å². The van der Waals surface area contributed by atoms with Crippen LogP contribution in [-0.2, 0) is 0 Å². The average Bonchev–Trinajstić information content (AvgIpc) is 3.24. The number of hydrogen-bond donors (Lipinski definition) is 4. The van der Waals surface area contributed by atoms with Crippen molar-refractivity contribution in [2.75, 3.05) is 26.2 Å². The molecule has 0 spiro atoms. The molecule has 0 saturated carbocycles. The summed E-state index contributed by atoms with van der Waals surface area (Å²) >= 11 is 0. The third-order valence-electron chi connectivity index (χ3n) is 3.85. The van der Waals surface area contributed by atoms with E-state index in [1.807, 2.05) is 45.0 Å². The molecule has 1 amide bonds. The van der Waals surface area contributed by atoms with E-state index in [0.29, 0.717) is 25.6 Å². The highest BCUT2D eigenvalue weighted by Crippen LogP contribution is 2.19. The second kappa shape index (κ2) is 13.9. The summed E-state index contributed by atoms with van der Waals surface area (Å²) < 4.78 is 10.7. The Morgan fingerprint density at radius 2 is 1.83 bits per heavy atom. The standard InChI is InChI=1S/C21H30N4O4.HI/c1-4-22-21(24-12-11-23-20(27)19-6-5-13-28-19)25-14-18(26)16-7-9-17(10-8-16)29-15(2)3;/h5-10,13,15,18,26H,4,11-12,14H2,1-3H3,(H,23,27)(H2,22,24,25);1H. The molecule has 1 unspecified atom stereocenters. The van der Waals surface area contributed by atoms with Gasteiger partial charge in [0.25, 0.3) is 5.91 Å². The van der Waals surface area contributed by atoms with E-state index in [1.165, 1.54) is 6.26 Å². The molecule has 30 heavy (non-hydrogen) atoms. The molecule has 1 atom stereocenters. The van der Waals surface area contributed by atoms with Crippen molar-refractivity contribution in [3.63, 3.8) is 0 Å². The molecule has 0 aliphatic carbocycles. The van der Waals surface area contributed by atoms with E-state index >= 15 is 0 Å². The number of carbonyl (C=O) groups excluding carboxylic acids is 1. The molecule has 166 valence electrons. The Kier molecular flexibility index (Phi) is 11.9. The number of amides is 1. The fourth-order valence-corrected chi connectivity index (χ4v) is 2.52. The maximum Gasteiger partial charge on any atom is 0.287 e. The van der Waals surface area contributed by atoms with Gasteiger partial charge in [-0.25, -0.2) is 0 Å². The smallest absolute Gasteiger partial charge is 0.287 e. The van der Waals surface area contributed by atoms with Crippen molar-refractivity contribution in [2.24, 2.45) is 4.99 Å². The molecule has 0 aliphatic heterocycles. The van der Waals surface area contributed by atoms with Crippen LogP contribution in [0.3, 0.4) is 0 Å². The number of aliphatic imine (C=N–C) groups is 1. The lowest BCUT2D eigenvalue weighted by molar-refractivity contribution is 0.0926. The van der Waals surface area contributed by atoms with E-state index in [4.69, 9.17) is 9.15 Å². The fraction of sp³-hybridized carbons (Fsp3) is 0.429. The van der Waals surface area contributed by atoms with E-state index < -0.39 is 6.10 Å². The summed E-state index contributed by atoms with van der Waals surface area (Å²) in [5.74, 6) is 1.35. The van der Waals surface area contributed by atoms with Crippen LogP contribution in [0.2, 0.25) is 0 Å². The van der Waals surface area contributed by atoms with Gasteiger partial charge in [-0.2, -0.15) is 0 Å². The summed E-state index contributed by atoms with van der Waals surface area (Å²) in [4.78, 5) is 16.2. The number of rotatable bonds is 10. The lowest BCUT2D eigenvalue weighted by Crippen LogP contribution is -2.41. The molecule has 1 aromatic heterocycles. The van der Waals surface area contributed by atoms with Crippen molar-refractivity contribution >= 4 is 35.8 Å². The number of aliphatic hydroxyl groups is 1. The van der Waals surface area contributed by atoms with Gasteiger partial charge in [-0.05, 0) is 50.6 Å². The lowest BCUT2D eigenvalue weighted by Gasteiger charge is -2.14. The number of ether oxygens (including phenoxy) is 1. The van der Waals surface area contributed by atoms with Crippen molar-refractivity contribution in [1.29, 1.82) is 0 Å². The first kappa shape index (κ1) is 25.8. The Morgan fingerprint density at radius 1 is 1.13 bits per heavy atom. The number of hydrogen-bond acceptors (Lipinski definition) is 5. The van der Waals surface area contributed by atoms with Gasteiger partial charge in [0.15, 0.2) is 11.7 Å². The van der Waals surface area contributed by atoms with Crippen LogP contribution in [0, 0.1) is 0 Å². The summed E-state index contributed by atoms with van der Waals surface area (Å²) in [5.41, 5.74) is 0.770. The SMILES string of the molecule is CCNC(=NCC(O)c1ccc(OC(C)C)cc1)NCCNC(=O)c1ccco1.I. The minimum Gasteiger partial charge on any atom is -0.491 e. The van der Waals surface area contributed by atoms with Gasteiger partial charge in [0.1, 0.15) is 5.75 Å². The van der Waals surface area contributed by atoms with Gasteiger partial charge in [-0.15, -0.1) is 24.0 Å². The highest BCUT2D eigenvalue weighted by Gasteiger charge is 2.09. The second-order valence-electron chi connectivity index (χ2n) is 6.63. The Morgan fingerprint density at radius 3 is 2.43 bits per heavy atom. The van der Waals surface area contributed by atoms with Crippen LogP contribution < -0.4 is 20.7 Å². The van der Waals surface area contributed by atoms with Crippen molar-refractivity contribution in [2.45, 2.75) is 33.0 Å². The third kappa shape index (κ3) is 9.04. The summed E-state index contributed by atoms with van der Waals surface area (Å²) in [6.07, 6.45) is 0.837. The van der Waals surface area contributed by atoms with Crippen molar-refractivity contribution < 1.29 is 19.1 Å². The third-order valence-corrected chi connectivity index (χ3v) is 3.85. The maximum absolute atomic E-state index is 11.8. The molecule has 4 N–H and O–H groups in total. The molecule has 1 heterocycles. The van der Waals surface area contributed by atoms with Crippen LogP contribution in [0.15, 0.2) is 52.1 Å². The lowest BCUT2D eigenvalue weighted by atomic mass is 10.1. The zero-order valence-corrected chi connectivity index (χ0v) is 19.9. The predicted octanol–water partition coefficient (Wildman–Crippen LogP) is 2.70. The van der Waals surface area contributed by atoms with E-state index in [0.717, 1.165) is 11.3 Å². The number of furan rings is 1. The highest BCUT2D eigenvalue weighted by atomic mass is 127. The zero-order chi connectivity index (χ0) is 21.1. The molecule has 0 aliphatic rings. The zero-order valence-electron chi connectivity index (χ0n) is 17.6. The minimum atomic E-state index is -0.725. The predicted molar refractivity (Wildman–Crippen MR) is 128 cm³/mol. The van der Waals surface area contributed by atoms with Crippen LogP contribution in [0.1, 0.15) is 43.0 Å². The van der Waals surface area contributed by atoms with Crippen LogP contribution >= 0.6 is 24.0 Å². The Hall–Kier alpha value is -2.27. The number of nitrogens with zero attached hydrogens (tertiary/aromatic N) is 1. The minimum absolute atomic E-state index is 0. The fourth-order valence-electron chi connectivity index (χ4n) is 2.52. The average molecular weight is 530 g/mol. The number of halogens is 1. The largest absolute Gasteiger partial charge is 0.491 e. The molecule has 9 heteroatoms. The Bertz CT molecular complexity index is 764. The van der Waals surface area contributed by atoms with Gasteiger partial charge in [-0.3, -0.25) is 9.79 Å². The molecule has 0 radical (unpaired) electrons. The van der Waals surface area contributed by atoms with E-state index in [9.17, 15) is 9.90 Å². The molecular formula is C21H31IN4O4. The number of nitrogens with one attached hydrogen (secondary N) is 3. The van der Waals surface area contributed by atoms with Crippen LogP contribution in [0.25, 0.3) is 0 Å². The van der Waals surface area contributed by atoms with Gasteiger partial charge in [0.05, 0.1) is 25.0 Å². The van der Waals surface area contributed by atoms with Gasteiger partial charge in [0, 0.05) is 19.6 Å². The summed E-state index contributed by atoms with van der Waals surface area (Å²) in [5, 5.41) is 19.4. The molecule has 2 rings (SSSR count). The summed E-state index contributed by atoms with van der Waals surface area (Å²) in [6, 6.07) is 10.6. The van der Waals surface area contributed by atoms with Gasteiger partial charge < -0.3 is 30.2 Å². The maximum atomic E-state index is 11.8. The van der Waals surface area contributed by atoms with Crippen LogP contribution in [0.5, 0.6) is 5.75 Å². The van der Waals surface area contributed by atoms with Crippen molar-refractivity contribution in [3.8, 4) is 5.75 Å². The Balaban J connectivity index is 0.00000450. The van der Waals surface area contributed by atoms with Crippen molar-refractivity contribution in [3.05, 3.63) is 54.0 Å². The van der Waals surface area contributed by atoms with Gasteiger partial charge >= 0.3 is 0 Å². The monoisotopic (exact) mass is 530 g/mol. The van der Waals surface area contributed by atoms with Crippen LogP contribution in [-0.4, -0.2) is 49.3 Å². The number of aliphatic hydroxyl groups excluding tert-OH is 1. The molecule has 0 fully saturated rings. The number of benzene rings is 1. The second-order valence-corrected chi connectivity index (χ2v) is 6.63. The molecule has 0 bridgehead atoms. The summed E-state index contributed by atoms with van der Waals surface area (Å²) in [6.45, 7) is 7.67. The van der Waals surface area contributed by atoms with E-state index in [-0.39, 0.29) is 48.3 Å². The topological polar surface area (TPSA) is 108 Å².